The molecule has 0 aromatic heterocycles. The third kappa shape index (κ3) is 2.01. The molecule has 1 aromatic rings. The zero-order chi connectivity index (χ0) is 12.3. The number of ether oxygens (including phenoxy) is 1. The van der Waals surface area contributed by atoms with E-state index in [1.54, 1.807) is 6.07 Å². The van der Waals surface area contributed by atoms with Gasteiger partial charge in [0.2, 0.25) is 0 Å². The van der Waals surface area contributed by atoms with Gasteiger partial charge >= 0.3 is 11.7 Å². The molecule has 0 amide bonds. The summed E-state index contributed by atoms with van der Waals surface area (Å²) in [6.45, 7) is 0. The van der Waals surface area contributed by atoms with Gasteiger partial charge in [-0.2, -0.15) is 5.26 Å². The molecule has 0 atom stereocenters. The predicted molar refractivity (Wildman–Crippen MR) is 56.9 cm³/mol. The number of nitro groups is 1. The summed E-state index contributed by atoms with van der Waals surface area (Å²) in [6, 6.07) is 4.17. The van der Waals surface area contributed by atoms with Gasteiger partial charge in [-0.1, -0.05) is 0 Å². The number of carbonyl (C=O) groups excluding carboxylic acids is 1. The first kappa shape index (κ1) is 12.1. The summed E-state index contributed by atoms with van der Waals surface area (Å²) in [5.41, 5.74) is -0.553. The lowest BCUT2D eigenvalue weighted by Crippen LogP contribution is -2.05. The number of benzene rings is 1. The predicted octanol–water partition coefficient (Wildman–Crippen LogP) is 2.02. The highest BCUT2D eigenvalue weighted by atomic mass is 79.9. The van der Waals surface area contributed by atoms with Crippen LogP contribution in [0.1, 0.15) is 15.9 Å². The van der Waals surface area contributed by atoms with E-state index < -0.39 is 16.6 Å². The Morgan fingerprint density at radius 1 is 1.62 bits per heavy atom. The van der Waals surface area contributed by atoms with E-state index in [4.69, 9.17) is 5.26 Å². The van der Waals surface area contributed by atoms with Gasteiger partial charge in [0.25, 0.3) is 0 Å². The van der Waals surface area contributed by atoms with Crippen LogP contribution in [0.5, 0.6) is 0 Å². The molecule has 0 fully saturated rings. The SMILES string of the molecule is COC(=O)c1ccc(C#N)c([N+](=O)[O-])c1Br. The number of halogens is 1. The molecule has 0 saturated carbocycles. The molecular weight excluding hydrogens is 280 g/mol. The summed E-state index contributed by atoms with van der Waals surface area (Å²) in [5, 5.41) is 19.4. The van der Waals surface area contributed by atoms with Crippen molar-refractivity contribution in [3.8, 4) is 6.07 Å². The maximum Gasteiger partial charge on any atom is 0.339 e. The van der Waals surface area contributed by atoms with Crippen LogP contribution in [-0.4, -0.2) is 18.0 Å². The molecule has 82 valence electrons. The quantitative estimate of drug-likeness (QED) is 0.470. The first-order chi connectivity index (χ1) is 7.52. The van der Waals surface area contributed by atoms with E-state index in [1.165, 1.54) is 19.2 Å². The zero-order valence-corrected chi connectivity index (χ0v) is 9.65. The van der Waals surface area contributed by atoms with Gasteiger partial charge in [-0.3, -0.25) is 10.1 Å². The van der Waals surface area contributed by atoms with Crippen molar-refractivity contribution >= 4 is 27.6 Å². The van der Waals surface area contributed by atoms with Gasteiger partial charge in [-0.25, -0.2) is 4.79 Å². The smallest absolute Gasteiger partial charge is 0.339 e. The highest BCUT2D eigenvalue weighted by Gasteiger charge is 2.24. The highest BCUT2D eigenvalue weighted by Crippen LogP contribution is 2.32. The van der Waals surface area contributed by atoms with Crippen LogP contribution in [0.25, 0.3) is 0 Å². The molecule has 0 bridgehead atoms. The molecule has 1 rings (SSSR count). The van der Waals surface area contributed by atoms with Crippen molar-refractivity contribution in [3.05, 3.63) is 37.8 Å². The number of nitrogens with zero attached hydrogens (tertiary/aromatic N) is 2. The minimum absolute atomic E-state index is 0.00759. The first-order valence-electron chi connectivity index (χ1n) is 3.98. The van der Waals surface area contributed by atoms with Crippen molar-refractivity contribution in [3.63, 3.8) is 0 Å². The summed E-state index contributed by atoms with van der Waals surface area (Å²) >= 11 is 2.92. The fourth-order valence-corrected chi connectivity index (χ4v) is 1.75. The third-order valence-corrected chi connectivity index (χ3v) is 2.63. The normalized spacial score (nSPS) is 9.31. The second-order valence-corrected chi connectivity index (χ2v) is 3.48. The number of hydrogen-bond donors (Lipinski definition) is 0. The van der Waals surface area contributed by atoms with Crippen LogP contribution in [0.2, 0.25) is 0 Å². The molecule has 16 heavy (non-hydrogen) atoms. The van der Waals surface area contributed by atoms with Gasteiger partial charge in [-0.05, 0) is 28.1 Å². The molecule has 0 N–H and O–H groups in total. The van der Waals surface area contributed by atoms with E-state index in [-0.39, 0.29) is 15.6 Å². The van der Waals surface area contributed by atoms with Crippen molar-refractivity contribution in [2.24, 2.45) is 0 Å². The standard InChI is InChI=1S/C9H5BrN2O4/c1-16-9(13)6-3-2-5(4-11)8(7(6)10)12(14)15/h2-3H,1H3. The molecular formula is C9H5BrN2O4. The zero-order valence-electron chi connectivity index (χ0n) is 8.06. The van der Waals surface area contributed by atoms with Gasteiger partial charge in [0.15, 0.2) is 0 Å². The van der Waals surface area contributed by atoms with E-state index >= 15 is 0 Å². The Kier molecular flexibility index (Phi) is 3.58. The second kappa shape index (κ2) is 4.72. The summed E-state index contributed by atoms with van der Waals surface area (Å²) < 4.78 is 4.40. The van der Waals surface area contributed by atoms with Crippen molar-refractivity contribution < 1.29 is 14.5 Å². The topological polar surface area (TPSA) is 93.2 Å². The third-order valence-electron chi connectivity index (χ3n) is 1.82. The molecule has 0 aliphatic rings. The molecule has 0 aliphatic heterocycles. The van der Waals surface area contributed by atoms with Gasteiger partial charge in [-0.15, -0.1) is 0 Å². The Labute approximate surface area is 98.7 Å². The van der Waals surface area contributed by atoms with Crippen LogP contribution in [0.15, 0.2) is 16.6 Å². The Hall–Kier alpha value is -1.94. The largest absolute Gasteiger partial charge is 0.465 e. The molecule has 6 nitrogen and oxygen atoms in total. The summed E-state index contributed by atoms with van der Waals surface area (Å²) in [5.74, 6) is -0.709. The average molecular weight is 285 g/mol. The van der Waals surface area contributed by atoms with Gasteiger partial charge in [0, 0.05) is 0 Å². The molecule has 7 heteroatoms. The Morgan fingerprint density at radius 2 is 2.25 bits per heavy atom. The molecule has 1 aromatic carbocycles. The van der Waals surface area contributed by atoms with E-state index in [0.717, 1.165) is 0 Å². The summed E-state index contributed by atoms with van der Waals surface area (Å²) in [7, 11) is 1.17. The van der Waals surface area contributed by atoms with E-state index in [0.29, 0.717) is 0 Å². The van der Waals surface area contributed by atoms with Crippen LogP contribution >= 0.6 is 15.9 Å². The summed E-state index contributed by atoms with van der Waals surface area (Å²) in [4.78, 5) is 21.3. The van der Waals surface area contributed by atoms with Crippen LogP contribution < -0.4 is 0 Å². The van der Waals surface area contributed by atoms with Crippen molar-refractivity contribution in [1.29, 1.82) is 5.26 Å². The first-order valence-corrected chi connectivity index (χ1v) is 4.77. The van der Waals surface area contributed by atoms with E-state index in [9.17, 15) is 14.9 Å². The van der Waals surface area contributed by atoms with Gasteiger partial charge < -0.3 is 4.74 Å². The van der Waals surface area contributed by atoms with E-state index in [2.05, 4.69) is 20.7 Å². The number of esters is 1. The number of carbonyl (C=O) groups is 1. The lowest BCUT2D eigenvalue weighted by molar-refractivity contribution is -0.386. The number of hydrogen-bond acceptors (Lipinski definition) is 5. The Morgan fingerprint density at radius 3 is 2.69 bits per heavy atom. The lowest BCUT2D eigenvalue weighted by atomic mass is 10.1. The van der Waals surface area contributed by atoms with Gasteiger partial charge in [0.05, 0.1) is 17.6 Å². The molecule has 0 heterocycles. The minimum atomic E-state index is -0.727. The molecule has 0 radical (unpaired) electrons. The highest BCUT2D eigenvalue weighted by molar-refractivity contribution is 9.10. The van der Waals surface area contributed by atoms with Crippen LogP contribution in [0.4, 0.5) is 5.69 Å². The fraction of sp³-hybridized carbons (Fsp3) is 0.111. The summed E-state index contributed by atoms with van der Waals surface area (Å²) in [6.07, 6.45) is 0. The van der Waals surface area contributed by atoms with Crippen LogP contribution in [-0.2, 0) is 4.74 Å². The Balaban J connectivity index is 3.51. The fourth-order valence-electron chi connectivity index (χ4n) is 1.10. The lowest BCUT2D eigenvalue weighted by Gasteiger charge is -2.03. The van der Waals surface area contributed by atoms with Crippen LogP contribution in [0.3, 0.4) is 0 Å². The number of nitro benzene ring substituents is 1. The molecule has 0 saturated heterocycles. The van der Waals surface area contributed by atoms with Gasteiger partial charge in [0.1, 0.15) is 16.1 Å². The Bertz CT molecular complexity index is 507. The molecule has 0 unspecified atom stereocenters. The second-order valence-electron chi connectivity index (χ2n) is 2.68. The van der Waals surface area contributed by atoms with Crippen molar-refractivity contribution in [2.75, 3.05) is 7.11 Å². The number of methoxy groups -OCH3 is 1. The maximum absolute atomic E-state index is 11.3. The molecule has 0 aliphatic carbocycles. The minimum Gasteiger partial charge on any atom is -0.465 e. The van der Waals surface area contributed by atoms with Crippen molar-refractivity contribution in [2.45, 2.75) is 0 Å². The van der Waals surface area contributed by atoms with Crippen LogP contribution in [0, 0.1) is 21.4 Å². The van der Waals surface area contributed by atoms with Crippen molar-refractivity contribution in [1.82, 2.24) is 0 Å². The average Bonchev–Trinajstić information content (AvgIpc) is 2.26. The monoisotopic (exact) mass is 284 g/mol. The molecule has 0 spiro atoms. The number of nitriles is 1. The number of rotatable bonds is 2. The van der Waals surface area contributed by atoms with E-state index in [1.807, 2.05) is 0 Å². The maximum atomic E-state index is 11.3.